The van der Waals surface area contributed by atoms with Crippen LogP contribution in [0.2, 0.25) is 0 Å². The fourth-order valence-corrected chi connectivity index (χ4v) is 2.64. The summed E-state index contributed by atoms with van der Waals surface area (Å²) in [5, 5.41) is 0. The van der Waals surface area contributed by atoms with Crippen LogP contribution in [0.1, 0.15) is 13.8 Å². The molecular weight excluding hydrogens is 162 g/mol. The van der Waals surface area contributed by atoms with E-state index in [0.717, 1.165) is 13.1 Å². The van der Waals surface area contributed by atoms with Crippen LogP contribution in [0.3, 0.4) is 0 Å². The smallest absolute Gasteiger partial charge is 0.159 e. The summed E-state index contributed by atoms with van der Waals surface area (Å²) in [6.45, 7) is 6.44. The molecule has 0 radical (unpaired) electrons. The van der Waals surface area contributed by atoms with Gasteiger partial charge in [-0.1, -0.05) is 19.4 Å². The van der Waals surface area contributed by atoms with E-state index in [-0.39, 0.29) is 5.92 Å². The molecule has 2 aliphatic rings. The van der Waals surface area contributed by atoms with Gasteiger partial charge < -0.3 is 4.90 Å². The van der Waals surface area contributed by atoms with Crippen LogP contribution in [-0.2, 0) is 4.79 Å². The van der Waals surface area contributed by atoms with Gasteiger partial charge in [0.1, 0.15) is 0 Å². The summed E-state index contributed by atoms with van der Waals surface area (Å²) in [5.74, 6) is 1.63. The molecule has 3 atom stereocenters. The fraction of sp³-hybridized carbons (Fsp3) is 0.727. The molecule has 1 aliphatic carbocycles. The second-order valence-corrected chi connectivity index (χ2v) is 4.56. The van der Waals surface area contributed by atoms with E-state index >= 15 is 0 Å². The number of ketones is 1. The molecule has 0 amide bonds. The Balaban J connectivity index is 2.26. The Morgan fingerprint density at radius 2 is 2.08 bits per heavy atom. The molecule has 2 unspecified atom stereocenters. The third-order valence-corrected chi connectivity index (χ3v) is 3.45. The van der Waals surface area contributed by atoms with E-state index in [1.807, 2.05) is 6.08 Å². The molecular formula is C11H17NO. The lowest BCUT2D eigenvalue weighted by Crippen LogP contribution is -2.39. The minimum Gasteiger partial charge on any atom is -0.305 e. The molecule has 0 aromatic heterocycles. The standard InChI is InChI=1S/C11H17NO/c1-7-5-12(3)6-10-8(2)11(13)4-9(7)10/h4,7-8,10H,5-6H2,1-3H3/t7?,8-,10?/m0/s1. The first-order chi connectivity index (χ1) is 6.09. The summed E-state index contributed by atoms with van der Waals surface area (Å²) < 4.78 is 0. The highest BCUT2D eigenvalue weighted by Gasteiger charge is 2.38. The quantitative estimate of drug-likeness (QED) is 0.559. The van der Waals surface area contributed by atoms with Gasteiger partial charge in [0, 0.05) is 24.9 Å². The van der Waals surface area contributed by atoms with Gasteiger partial charge in [0.05, 0.1) is 0 Å². The third-order valence-electron chi connectivity index (χ3n) is 3.45. The average Bonchev–Trinajstić information content (AvgIpc) is 2.32. The van der Waals surface area contributed by atoms with Crippen molar-refractivity contribution in [3.63, 3.8) is 0 Å². The van der Waals surface area contributed by atoms with E-state index in [4.69, 9.17) is 0 Å². The van der Waals surface area contributed by atoms with Crippen LogP contribution >= 0.6 is 0 Å². The number of rotatable bonds is 0. The number of nitrogens with zero attached hydrogens (tertiary/aromatic N) is 1. The van der Waals surface area contributed by atoms with Gasteiger partial charge in [-0.25, -0.2) is 0 Å². The van der Waals surface area contributed by atoms with Crippen molar-refractivity contribution in [2.75, 3.05) is 20.1 Å². The van der Waals surface area contributed by atoms with Crippen molar-refractivity contribution in [1.29, 1.82) is 0 Å². The van der Waals surface area contributed by atoms with Crippen LogP contribution in [0.4, 0.5) is 0 Å². The van der Waals surface area contributed by atoms with Crippen molar-refractivity contribution in [2.24, 2.45) is 17.8 Å². The number of carbonyl (C=O) groups excluding carboxylic acids is 1. The molecule has 0 saturated carbocycles. The Kier molecular flexibility index (Phi) is 2.03. The van der Waals surface area contributed by atoms with E-state index < -0.39 is 0 Å². The molecule has 2 heteroatoms. The van der Waals surface area contributed by atoms with Gasteiger partial charge in [-0.15, -0.1) is 0 Å². The van der Waals surface area contributed by atoms with E-state index in [1.165, 1.54) is 5.57 Å². The fourth-order valence-electron chi connectivity index (χ4n) is 2.64. The lowest BCUT2D eigenvalue weighted by Gasteiger charge is -2.35. The van der Waals surface area contributed by atoms with Crippen LogP contribution in [0, 0.1) is 17.8 Å². The lowest BCUT2D eigenvalue weighted by atomic mass is 9.82. The van der Waals surface area contributed by atoms with Crippen molar-refractivity contribution in [2.45, 2.75) is 13.8 Å². The topological polar surface area (TPSA) is 20.3 Å². The summed E-state index contributed by atoms with van der Waals surface area (Å²) in [5.41, 5.74) is 1.40. The van der Waals surface area contributed by atoms with E-state index in [2.05, 4.69) is 25.8 Å². The molecule has 0 aromatic carbocycles. The average molecular weight is 179 g/mol. The Hall–Kier alpha value is -0.630. The Labute approximate surface area is 79.6 Å². The molecule has 2 rings (SSSR count). The van der Waals surface area contributed by atoms with Crippen LogP contribution in [0.25, 0.3) is 0 Å². The largest absolute Gasteiger partial charge is 0.305 e. The van der Waals surface area contributed by atoms with Gasteiger partial charge in [-0.3, -0.25) is 4.79 Å². The van der Waals surface area contributed by atoms with Gasteiger partial charge >= 0.3 is 0 Å². The predicted molar refractivity (Wildman–Crippen MR) is 52.4 cm³/mol. The van der Waals surface area contributed by atoms with Crippen LogP contribution in [0.15, 0.2) is 11.6 Å². The van der Waals surface area contributed by atoms with Crippen LogP contribution in [0.5, 0.6) is 0 Å². The maximum absolute atomic E-state index is 11.5. The summed E-state index contributed by atoms with van der Waals surface area (Å²) in [4.78, 5) is 13.8. The Morgan fingerprint density at radius 1 is 1.38 bits per heavy atom. The highest BCUT2D eigenvalue weighted by molar-refractivity contribution is 5.95. The Bertz CT molecular complexity index is 269. The number of likely N-dealkylation sites (tertiary alicyclic amines) is 1. The van der Waals surface area contributed by atoms with Crippen molar-refractivity contribution in [3.05, 3.63) is 11.6 Å². The zero-order valence-corrected chi connectivity index (χ0v) is 8.58. The second-order valence-electron chi connectivity index (χ2n) is 4.56. The Morgan fingerprint density at radius 3 is 2.77 bits per heavy atom. The van der Waals surface area contributed by atoms with Crippen molar-refractivity contribution < 1.29 is 4.79 Å². The molecule has 1 aliphatic heterocycles. The lowest BCUT2D eigenvalue weighted by molar-refractivity contribution is -0.117. The minimum absolute atomic E-state index is 0.222. The molecule has 0 spiro atoms. The number of fused-ring (bicyclic) bond motifs is 1. The molecule has 0 N–H and O–H groups in total. The molecule has 1 saturated heterocycles. The molecule has 1 heterocycles. The first-order valence-electron chi connectivity index (χ1n) is 5.03. The second kappa shape index (κ2) is 2.95. The van der Waals surface area contributed by atoms with Crippen LogP contribution in [-0.4, -0.2) is 30.8 Å². The van der Waals surface area contributed by atoms with Gasteiger partial charge in [0.2, 0.25) is 0 Å². The molecule has 0 bridgehead atoms. The summed E-state index contributed by atoms with van der Waals surface area (Å²) in [7, 11) is 2.14. The van der Waals surface area contributed by atoms with Crippen molar-refractivity contribution >= 4 is 5.78 Å². The maximum Gasteiger partial charge on any atom is 0.159 e. The molecule has 0 aromatic rings. The summed E-state index contributed by atoms with van der Waals surface area (Å²) in [6, 6.07) is 0. The number of piperidine rings is 1. The normalized spacial score (nSPS) is 40.4. The SMILES string of the molecule is CC1CN(C)CC2C1=CC(=O)[C@H]2C. The maximum atomic E-state index is 11.5. The van der Waals surface area contributed by atoms with E-state index in [9.17, 15) is 4.79 Å². The zero-order valence-electron chi connectivity index (χ0n) is 8.58. The molecule has 72 valence electrons. The van der Waals surface area contributed by atoms with Gasteiger partial charge in [0.15, 0.2) is 5.78 Å². The van der Waals surface area contributed by atoms with Gasteiger partial charge in [-0.2, -0.15) is 0 Å². The zero-order chi connectivity index (χ0) is 9.59. The highest BCUT2D eigenvalue weighted by Crippen LogP contribution is 2.37. The monoisotopic (exact) mass is 179 g/mol. The molecule has 13 heavy (non-hydrogen) atoms. The molecule has 1 fully saturated rings. The van der Waals surface area contributed by atoms with Gasteiger partial charge in [-0.05, 0) is 19.0 Å². The van der Waals surface area contributed by atoms with Crippen molar-refractivity contribution in [1.82, 2.24) is 4.90 Å². The number of hydrogen-bond donors (Lipinski definition) is 0. The van der Waals surface area contributed by atoms with Crippen LogP contribution < -0.4 is 0 Å². The first kappa shape index (κ1) is 8.95. The summed E-state index contributed by atoms with van der Waals surface area (Å²) in [6.07, 6.45) is 1.90. The van der Waals surface area contributed by atoms with Crippen molar-refractivity contribution in [3.8, 4) is 0 Å². The highest BCUT2D eigenvalue weighted by atomic mass is 16.1. The van der Waals surface area contributed by atoms with E-state index in [1.54, 1.807) is 0 Å². The first-order valence-corrected chi connectivity index (χ1v) is 5.03. The summed E-state index contributed by atoms with van der Waals surface area (Å²) >= 11 is 0. The minimum atomic E-state index is 0.222. The van der Waals surface area contributed by atoms with E-state index in [0.29, 0.717) is 17.6 Å². The number of carbonyl (C=O) groups is 1. The van der Waals surface area contributed by atoms with Gasteiger partial charge in [0.25, 0.3) is 0 Å². The predicted octanol–water partition coefficient (Wildman–Crippen LogP) is 1.33. The number of hydrogen-bond acceptors (Lipinski definition) is 2. The third kappa shape index (κ3) is 1.33. The number of allylic oxidation sites excluding steroid dienone is 1. The molecule has 2 nitrogen and oxygen atoms in total.